The van der Waals surface area contributed by atoms with Gasteiger partial charge in [0.2, 0.25) is 0 Å². The minimum atomic E-state index is -0.241. The molecule has 0 heterocycles. The number of benzene rings is 3. The van der Waals surface area contributed by atoms with E-state index in [-0.39, 0.29) is 11.8 Å². The van der Waals surface area contributed by atoms with E-state index in [1.165, 1.54) is 0 Å². The summed E-state index contributed by atoms with van der Waals surface area (Å²) < 4.78 is 5.65. The third kappa shape index (κ3) is 6.59. The monoisotopic (exact) mass is 445 g/mol. The molecule has 0 bridgehead atoms. The molecule has 6 nitrogen and oxygen atoms in total. The maximum absolute atomic E-state index is 12.7. The largest absolute Gasteiger partial charge is 0.494 e. The van der Waals surface area contributed by atoms with Gasteiger partial charge in [-0.3, -0.25) is 9.59 Å². The summed E-state index contributed by atoms with van der Waals surface area (Å²) in [6, 6.07) is 19.9. The smallest absolute Gasteiger partial charge is 0.255 e. The molecule has 0 aliphatic heterocycles. The summed E-state index contributed by atoms with van der Waals surface area (Å²) in [4.78, 5) is 27.5. The van der Waals surface area contributed by atoms with Crippen LogP contribution < -0.4 is 20.3 Å². The molecule has 0 aliphatic carbocycles. The van der Waals surface area contributed by atoms with Crippen LogP contribution in [0.1, 0.15) is 46.0 Å². The van der Waals surface area contributed by atoms with E-state index in [9.17, 15) is 9.59 Å². The highest BCUT2D eigenvalue weighted by Gasteiger charge is 2.12. The predicted molar refractivity (Wildman–Crippen MR) is 135 cm³/mol. The van der Waals surface area contributed by atoms with Crippen LogP contribution in [0, 0.1) is 6.92 Å². The van der Waals surface area contributed by atoms with Gasteiger partial charge in [0, 0.05) is 42.3 Å². The SMILES string of the molecule is CCCCOc1ccc(C(=O)Nc2cc(C(=O)Nc3ccc(N(C)C)cc3)ccc2C)cc1. The Bertz CT molecular complexity index is 1090. The summed E-state index contributed by atoms with van der Waals surface area (Å²) in [5.74, 6) is 0.264. The zero-order chi connectivity index (χ0) is 23.8. The van der Waals surface area contributed by atoms with Gasteiger partial charge in [0.25, 0.3) is 11.8 Å². The van der Waals surface area contributed by atoms with Gasteiger partial charge in [-0.1, -0.05) is 19.4 Å². The predicted octanol–water partition coefficient (Wildman–Crippen LogP) is 5.74. The number of anilines is 3. The van der Waals surface area contributed by atoms with Gasteiger partial charge in [0.05, 0.1) is 6.61 Å². The molecule has 0 saturated carbocycles. The van der Waals surface area contributed by atoms with Crippen LogP contribution in [-0.4, -0.2) is 32.5 Å². The van der Waals surface area contributed by atoms with Crippen LogP contribution in [0.5, 0.6) is 5.75 Å². The molecule has 0 aromatic heterocycles. The lowest BCUT2D eigenvalue weighted by Crippen LogP contribution is -2.15. The van der Waals surface area contributed by atoms with Crippen molar-refractivity contribution in [2.45, 2.75) is 26.7 Å². The van der Waals surface area contributed by atoms with Crippen molar-refractivity contribution in [3.05, 3.63) is 83.4 Å². The van der Waals surface area contributed by atoms with Crippen molar-refractivity contribution >= 4 is 28.9 Å². The number of hydrogen-bond acceptors (Lipinski definition) is 4. The molecule has 0 aliphatic rings. The minimum Gasteiger partial charge on any atom is -0.494 e. The molecule has 0 unspecified atom stereocenters. The number of hydrogen-bond donors (Lipinski definition) is 2. The summed E-state index contributed by atoms with van der Waals surface area (Å²) >= 11 is 0. The van der Waals surface area contributed by atoms with Crippen LogP contribution in [0.25, 0.3) is 0 Å². The standard InChI is InChI=1S/C27H31N3O3/c1-5-6-17-33-24-15-9-20(10-16-24)26(31)29-25-18-21(8-7-19(25)2)27(32)28-22-11-13-23(14-12-22)30(3)4/h7-16,18H,5-6,17H2,1-4H3,(H,28,32)(H,29,31). The first-order valence-electron chi connectivity index (χ1n) is 11.1. The fraction of sp³-hybridized carbons (Fsp3) is 0.259. The second kappa shape index (κ2) is 11.2. The number of unbranched alkanes of at least 4 members (excludes halogenated alkanes) is 1. The van der Waals surface area contributed by atoms with Gasteiger partial charge in [-0.15, -0.1) is 0 Å². The highest BCUT2D eigenvalue weighted by Crippen LogP contribution is 2.21. The van der Waals surface area contributed by atoms with Crippen molar-refractivity contribution < 1.29 is 14.3 Å². The molecule has 0 atom stereocenters. The van der Waals surface area contributed by atoms with Crippen molar-refractivity contribution in [3.63, 3.8) is 0 Å². The second-order valence-electron chi connectivity index (χ2n) is 8.11. The molecule has 2 amide bonds. The lowest BCUT2D eigenvalue weighted by Gasteiger charge is -2.14. The van der Waals surface area contributed by atoms with Crippen LogP contribution >= 0.6 is 0 Å². The van der Waals surface area contributed by atoms with Crippen molar-refractivity contribution in [2.75, 3.05) is 36.2 Å². The Hall–Kier alpha value is -3.80. The van der Waals surface area contributed by atoms with Gasteiger partial charge in [0.1, 0.15) is 5.75 Å². The van der Waals surface area contributed by atoms with E-state index in [1.807, 2.05) is 56.3 Å². The van der Waals surface area contributed by atoms with Crippen molar-refractivity contribution in [3.8, 4) is 5.75 Å². The number of ether oxygens (including phenoxy) is 1. The number of carbonyl (C=O) groups is 2. The van der Waals surface area contributed by atoms with Gasteiger partial charge in [-0.2, -0.15) is 0 Å². The van der Waals surface area contributed by atoms with Gasteiger partial charge < -0.3 is 20.3 Å². The van der Waals surface area contributed by atoms with Gasteiger partial charge in [0.15, 0.2) is 0 Å². The Balaban J connectivity index is 1.66. The molecule has 33 heavy (non-hydrogen) atoms. The Labute approximate surface area is 195 Å². The summed E-state index contributed by atoms with van der Waals surface area (Å²) in [5.41, 5.74) is 4.21. The number of carbonyl (C=O) groups excluding carboxylic acids is 2. The number of rotatable bonds is 9. The molecule has 2 N–H and O–H groups in total. The van der Waals surface area contributed by atoms with Gasteiger partial charge in [-0.05, 0) is 79.6 Å². The number of nitrogens with one attached hydrogen (secondary N) is 2. The lowest BCUT2D eigenvalue weighted by atomic mass is 10.1. The maximum atomic E-state index is 12.7. The fourth-order valence-corrected chi connectivity index (χ4v) is 3.18. The molecule has 0 saturated heterocycles. The first-order chi connectivity index (χ1) is 15.9. The fourth-order valence-electron chi connectivity index (χ4n) is 3.18. The maximum Gasteiger partial charge on any atom is 0.255 e. The van der Waals surface area contributed by atoms with E-state index >= 15 is 0 Å². The highest BCUT2D eigenvalue weighted by molar-refractivity contribution is 6.07. The van der Waals surface area contributed by atoms with E-state index in [1.54, 1.807) is 36.4 Å². The van der Waals surface area contributed by atoms with Crippen LogP contribution in [0.15, 0.2) is 66.7 Å². The Kier molecular flexibility index (Phi) is 8.08. The van der Waals surface area contributed by atoms with E-state index in [0.29, 0.717) is 29.1 Å². The number of aryl methyl sites for hydroxylation is 1. The minimum absolute atomic E-state index is 0.239. The highest BCUT2D eigenvalue weighted by atomic mass is 16.5. The van der Waals surface area contributed by atoms with E-state index in [0.717, 1.165) is 29.8 Å². The molecule has 172 valence electrons. The average molecular weight is 446 g/mol. The summed E-state index contributed by atoms with van der Waals surface area (Å²) in [6.07, 6.45) is 2.06. The lowest BCUT2D eigenvalue weighted by molar-refractivity contribution is 0.101. The Morgan fingerprint density at radius 3 is 2.12 bits per heavy atom. The Morgan fingerprint density at radius 2 is 1.48 bits per heavy atom. The normalized spacial score (nSPS) is 10.4. The average Bonchev–Trinajstić information content (AvgIpc) is 2.81. The van der Waals surface area contributed by atoms with Gasteiger partial charge >= 0.3 is 0 Å². The van der Waals surface area contributed by atoms with Gasteiger partial charge in [-0.25, -0.2) is 0 Å². The number of amides is 2. The van der Waals surface area contributed by atoms with E-state index in [4.69, 9.17) is 4.74 Å². The molecule has 6 heteroatoms. The van der Waals surface area contributed by atoms with Crippen molar-refractivity contribution in [1.29, 1.82) is 0 Å². The summed E-state index contributed by atoms with van der Waals surface area (Å²) in [6.45, 7) is 4.66. The summed E-state index contributed by atoms with van der Waals surface area (Å²) in [5, 5.41) is 5.81. The van der Waals surface area contributed by atoms with Crippen LogP contribution in [0.3, 0.4) is 0 Å². The third-order valence-corrected chi connectivity index (χ3v) is 5.27. The topological polar surface area (TPSA) is 70.7 Å². The van der Waals surface area contributed by atoms with E-state index in [2.05, 4.69) is 17.6 Å². The zero-order valence-corrected chi connectivity index (χ0v) is 19.6. The molecule has 3 aromatic carbocycles. The quantitative estimate of drug-likeness (QED) is 0.412. The zero-order valence-electron chi connectivity index (χ0n) is 19.6. The molecule has 0 fully saturated rings. The van der Waals surface area contributed by atoms with Crippen LogP contribution in [0.4, 0.5) is 17.1 Å². The Morgan fingerprint density at radius 1 is 0.848 bits per heavy atom. The summed E-state index contributed by atoms with van der Waals surface area (Å²) in [7, 11) is 3.93. The molecule has 3 aromatic rings. The van der Waals surface area contributed by atoms with Crippen molar-refractivity contribution in [2.24, 2.45) is 0 Å². The molecular weight excluding hydrogens is 414 g/mol. The number of nitrogens with zero attached hydrogens (tertiary/aromatic N) is 1. The third-order valence-electron chi connectivity index (χ3n) is 5.27. The van der Waals surface area contributed by atoms with Crippen molar-refractivity contribution in [1.82, 2.24) is 0 Å². The first kappa shape index (κ1) is 23.9. The second-order valence-corrected chi connectivity index (χ2v) is 8.11. The molecular formula is C27H31N3O3. The first-order valence-corrected chi connectivity index (χ1v) is 11.1. The van der Waals surface area contributed by atoms with E-state index < -0.39 is 0 Å². The van der Waals surface area contributed by atoms with Crippen LogP contribution in [0.2, 0.25) is 0 Å². The molecule has 0 radical (unpaired) electrons. The van der Waals surface area contributed by atoms with Crippen LogP contribution in [-0.2, 0) is 0 Å². The molecule has 0 spiro atoms. The molecule has 3 rings (SSSR count).